The Morgan fingerprint density at radius 1 is 1.22 bits per heavy atom. The smallest absolute Gasteiger partial charge is 0.326 e. The third-order valence-electron chi connectivity index (χ3n) is 7.80. The molecule has 3 atom stereocenters. The second-order valence-corrected chi connectivity index (χ2v) is 11.8. The maximum Gasteiger partial charge on any atom is 0.326 e. The van der Waals surface area contributed by atoms with Crippen LogP contribution in [-0.4, -0.2) is 36.5 Å². The average molecular weight is 528 g/mol. The number of ether oxygens (including phenoxy) is 1. The lowest BCUT2D eigenvalue weighted by Crippen LogP contribution is -2.42. The van der Waals surface area contributed by atoms with Crippen LogP contribution >= 0.6 is 11.6 Å². The minimum atomic E-state index is -1.66. The van der Waals surface area contributed by atoms with Crippen LogP contribution in [0.5, 0.6) is 5.75 Å². The quantitative estimate of drug-likeness (QED) is 0.480. The highest BCUT2D eigenvalue weighted by Gasteiger charge is 2.43. The highest BCUT2D eigenvalue weighted by Crippen LogP contribution is 2.45. The predicted molar refractivity (Wildman–Crippen MR) is 145 cm³/mol. The highest BCUT2D eigenvalue weighted by molar-refractivity contribution is 7.83. The number of nitrogens with zero attached hydrogens (tertiary/aromatic N) is 1. The molecule has 0 saturated heterocycles. The van der Waals surface area contributed by atoms with Crippen molar-refractivity contribution in [2.45, 2.75) is 55.8 Å². The molecule has 2 bridgehead atoms. The Labute approximate surface area is 221 Å². The monoisotopic (exact) mass is 527 g/mol. The van der Waals surface area contributed by atoms with Crippen LogP contribution in [-0.2, 0) is 22.8 Å². The number of urea groups is 1. The number of fused-ring (bicyclic) bond motifs is 3. The molecule has 2 aliphatic heterocycles. The zero-order valence-corrected chi connectivity index (χ0v) is 22.3. The van der Waals surface area contributed by atoms with Crippen LogP contribution in [0.3, 0.4) is 0 Å². The van der Waals surface area contributed by atoms with Gasteiger partial charge in [0.15, 0.2) is 11.0 Å². The van der Waals surface area contributed by atoms with E-state index in [1.807, 2.05) is 18.2 Å². The first-order valence-electron chi connectivity index (χ1n) is 12.9. The van der Waals surface area contributed by atoms with Gasteiger partial charge in [-0.05, 0) is 79.5 Å². The van der Waals surface area contributed by atoms with Gasteiger partial charge in [0.05, 0.1) is 17.2 Å². The fourth-order valence-corrected chi connectivity index (χ4v) is 6.65. The number of carbonyl (C=O) groups excluding carboxylic acids is 1. The number of amides is 2. The Morgan fingerprint density at radius 3 is 2.97 bits per heavy atom. The molecule has 36 heavy (non-hydrogen) atoms. The molecule has 2 amide bonds. The van der Waals surface area contributed by atoms with Crippen molar-refractivity contribution >= 4 is 34.3 Å². The molecule has 6 nitrogen and oxygen atoms in total. The van der Waals surface area contributed by atoms with Crippen LogP contribution in [0.4, 0.5) is 10.5 Å². The van der Waals surface area contributed by atoms with E-state index in [2.05, 4.69) is 46.1 Å². The molecule has 2 N–H and O–H groups in total. The van der Waals surface area contributed by atoms with Gasteiger partial charge >= 0.3 is 6.03 Å². The fraction of sp³-hybridized carbons (Fsp3) is 0.464. The van der Waals surface area contributed by atoms with E-state index in [4.69, 9.17) is 16.3 Å². The third-order valence-corrected chi connectivity index (χ3v) is 9.08. The van der Waals surface area contributed by atoms with Gasteiger partial charge in [-0.3, -0.25) is 4.72 Å². The molecule has 5 rings (SSSR count). The molecule has 1 spiro atoms. The zero-order valence-electron chi connectivity index (χ0n) is 20.7. The first-order chi connectivity index (χ1) is 17.5. The first-order valence-corrected chi connectivity index (χ1v) is 14.4. The zero-order chi connectivity index (χ0) is 25.1. The second kappa shape index (κ2) is 10.9. The Kier molecular flexibility index (Phi) is 7.58. The van der Waals surface area contributed by atoms with E-state index in [9.17, 15) is 9.00 Å². The molecule has 0 radical (unpaired) electrons. The number of halogens is 1. The molecular weight excluding hydrogens is 494 g/mol. The van der Waals surface area contributed by atoms with E-state index in [-0.39, 0.29) is 5.41 Å². The van der Waals surface area contributed by atoms with Gasteiger partial charge in [-0.2, -0.15) is 0 Å². The first kappa shape index (κ1) is 25.2. The standard InChI is InChI=1S/C28H34ClN3O3S/c1-2-20-6-4-3-5-14-30-27(33)31-36(34)23-8-10-26-25(17-23)32(15-12-20)18-28(19-35-26)13-11-21-16-22(29)7-9-24(21)28/h3-4,7-10,16-17,20H,2,5-6,11-15,18-19H2,1H3,(H2,30,31,33)/b4-3+. The molecular formula is C28H34ClN3O3S. The van der Waals surface area contributed by atoms with Gasteiger partial charge in [0.2, 0.25) is 0 Å². The van der Waals surface area contributed by atoms with Crippen LogP contribution in [0.2, 0.25) is 5.02 Å². The lowest BCUT2D eigenvalue weighted by Gasteiger charge is -2.34. The van der Waals surface area contributed by atoms with E-state index in [0.717, 1.165) is 68.1 Å². The summed E-state index contributed by atoms with van der Waals surface area (Å²) < 4.78 is 22.0. The van der Waals surface area contributed by atoms with Crippen LogP contribution in [0.25, 0.3) is 0 Å². The minimum Gasteiger partial charge on any atom is -0.490 e. The van der Waals surface area contributed by atoms with E-state index < -0.39 is 17.0 Å². The summed E-state index contributed by atoms with van der Waals surface area (Å²) in [6.45, 7) is 5.06. The van der Waals surface area contributed by atoms with Crippen LogP contribution < -0.4 is 19.7 Å². The van der Waals surface area contributed by atoms with Crippen LogP contribution in [0, 0.1) is 5.92 Å². The topological polar surface area (TPSA) is 70.7 Å². The molecule has 0 aromatic heterocycles. The molecule has 2 aromatic carbocycles. The summed E-state index contributed by atoms with van der Waals surface area (Å²) in [5.74, 6) is 1.37. The average Bonchev–Trinajstić information content (AvgIpc) is 3.13. The minimum absolute atomic E-state index is 0.126. The SMILES string of the molecule is CCC1C/C=C/CCNC(=O)NS(=O)c2ccc3c(c2)N(CC1)CC1(CCc2cc(Cl)ccc21)CO3. The molecule has 0 saturated carbocycles. The van der Waals surface area contributed by atoms with Crippen molar-refractivity contribution in [3.8, 4) is 5.75 Å². The lowest BCUT2D eigenvalue weighted by atomic mass is 9.82. The van der Waals surface area contributed by atoms with Gasteiger partial charge in [0, 0.05) is 30.1 Å². The van der Waals surface area contributed by atoms with Crippen LogP contribution in [0.1, 0.15) is 50.2 Å². The number of rotatable bonds is 1. The summed E-state index contributed by atoms with van der Waals surface area (Å²) in [4.78, 5) is 15.2. The summed E-state index contributed by atoms with van der Waals surface area (Å²) >= 11 is 6.31. The Hall–Kier alpha value is -2.51. The molecule has 2 aromatic rings. The van der Waals surface area contributed by atoms with E-state index in [0.29, 0.717) is 24.0 Å². The van der Waals surface area contributed by atoms with Gasteiger partial charge in [-0.25, -0.2) is 9.00 Å². The van der Waals surface area contributed by atoms with Gasteiger partial charge in [-0.15, -0.1) is 0 Å². The predicted octanol–water partition coefficient (Wildman–Crippen LogP) is 5.51. The van der Waals surface area contributed by atoms with Gasteiger partial charge in [0.1, 0.15) is 5.75 Å². The number of allylic oxidation sites excluding steroid dienone is 1. The number of nitrogens with one attached hydrogen (secondary N) is 2. The van der Waals surface area contributed by atoms with Crippen molar-refractivity contribution in [1.29, 1.82) is 0 Å². The molecule has 192 valence electrons. The number of carbonyl (C=O) groups is 1. The maximum absolute atomic E-state index is 13.0. The Morgan fingerprint density at radius 2 is 2.11 bits per heavy atom. The summed E-state index contributed by atoms with van der Waals surface area (Å²) in [5.41, 5.74) is 3.45. The number of hydrogen-bond donors (Lipinski definition) is 2. The molecule has 1 aliphatic carbocycles. The summed E-state index contributed by atoms with van der Waals surface area (Å²) in [5, 5.41) is 3.56. The molecule has 2 heterocycles. The molecule has 0 fully saturated rings. The summed E-state index contributed by atoms with van der Waals surface area (Å²) in [7, 11) is -1.66. The Bertz CT molecular complexity index is 1190. The van der Waals surface area contributed by atoms with Gasteiger partial charge < -0.3 is 15.0 Å². The molecule has 8 heteroatoms. The number of benzene rings is 2. The number of anilines is 1. The fourth-order valence-electron chi connectivity index (χ4n) is 5.68. The van der Waals surface area contributed by atoms with Crippen LogP contribution in [0.15, 0.2) is 53.4 Å². The molecule has 3 aliphatic rings. The van der Waals surface area contributed by atoms with E-state index >= 15 is 0 Å². The Balaban J connectivity index is 1.51. The maximum atomic E-state index is 13.0. The van der Waals surface area contributed by atoms with Crippen molar-refractivity contribution in [1.82, 2.24) is 10.0 Å². The summed E-state index contributed by atoms with van der Waals surface area (Å²) in [6.07, 6.45) is 10.3. The number of aryl methyl sites for hydroxylation is 1. The highest BCUT2D eigenvalue weighted by atomic mass is 35.5. The van der Waals surface area contributed by atoms with Gasteiger partial charge in [-0.1, -0.05) is 43.2 Å². The van der Waals surface area contributed by atoms with Crippen molar-refractivity contribution in [2.24, 2.45) is 5.92 Å². The van der Waals surface area contributed by atoms with Crippen molar-refractivity contribution in [3.05, 3.63) is 64.7 Å². The van der Waals surface area contributed by atoms with E-state index in [1.165, 1.54) is 11.1 Å². The normalized spacial score (nSPS) is 27.4. The largest absolute Gasteiger partial charge is 0.490 e. The van der Waals surface area contributed by atoms with Crippen molar-refractivity contribution < 1.29 is 13.7 Å². The van der Waals surface area contributed by atoms with Crippen molar-refractivity contribution in [3.63, 3.8) is 0 Å². The van der Waals surface area contributed by atoms with Crippen molar-refractivity contribution in [2.75, 3.05) is 31.1 Å². The molecule has 3 unspecified atom stereocenters. The number of hydrogen-bond acceptors (Lipinski definition) is 4. The van der Waals surface area contributed by atoms with E-state index in [1.54, 1.807) is 6.07 Å². The summed E-state index contributed by atoms with van der Waals surface area (Å²) in [6, 6.07) is 11.4. The second-order valence-electron chi connectivity index (χ2n) is 10.1. The third kappa shape index (κ3) is 5.28. The lowest BCUT2D eigenvalue weighted by molar-refractivity contribution is 0.226. The van der Waals surface area contributed by atoms with Gasteiger partial charge in [0.25, 0.3) is 0 Å².